The smallest absolute Gasteiger partial charge is 0.416 e. The van der Waals surface area contributed by atoms with Crippen LogP contribution in [0.15, 0.2) is 66.0 Å². The van der Waals surface area contributed by atoms with Gasteiger partial charge in [-0.1, -0.05) is 23.9 Å². The van der Waals surface area contributed by atoms with Crippen molar-refractivity contribution < 1.29 is 49.8 Å². The van der Waals surface area contributed by atoms with Crippen molar-refractivity contribution in [3.05, 3.63) is 100 Å². The monoisotopic (exact) mass is 693 g/mol. The van der Waals surface area contributed by atoms with E-state index in [1.165, 1.54) is 56.3 Å². The van der Waals surface area contributed by atoms with Gasteiger partial charge < -0.3 is 9.47 Å². The molecular weight excluding hydrogens is 667 g/mol. The maximum atomic E-state index is 15.3. The molecule has 1 aliphatic heterocycles. The van der Waals surface area contributed by atoms with E-state index in [1.807, 2.05) is 0 Å². The number of carbonyl (C=O) groups excluding carboxylic acids is 2. The number of aromatic nitrogens is 2. The van der Waals surface area contributed by atoms with E-state index in [9.17, 15) is 35.9 Å². The van der Waals surface area contributed by atoms with Crippen LogP contribution in [-0.2, 0) is 28.4 Å². The molecule has 1 aliphatic rings. The van der Waals surface area contributed by atoms with E-state index in [0.29, 0.717) is 39.5 Å². The summed E-state index contributed by atoms with van der Waals surface area (Å²) in [6.45, 7) is 2.91. The maximum Gasteiger partial charge on any atom is 0.416 e. The first kappa shape index (κ1) is 34.7. The lowest BCUT2D eigenvalue weighted by Gasteiger charge is -2.23. The molecule has 0 bridgehead atoms. The van der Waals surface area contributed by atoms with Gasteiger partial charge >= 0.3 is 24.4 Å². The molecule has 48 heavy (non-hydrogen) atoms. The van der Waals surface area contributed by atoms with Gasteiger partial charge in [-0.25, -0.2) is 23.9 Å². The van der Waals surface area contributed by atoms with E-state index >= 15 is 4.39 Å². The number of hydrogen-bond acceptors (Lipinski definition) is 7. The van der Waals surface area contributed by atoms with E-state index < -0.39 is 59.1 Å². The van der Waals surface area contributed by atoms with Gasteiger partial charge in [-0.15, -0.1) is 0 Å². The summed E-state index contributed by atoms with van der Waals surface area (Å²) in [5, 5.41) is 0.308. The van der Waals surface area contributed by atoms with Crippen molar-refractivity contribution in [3.63, 3.8) is 0 Å². The Balaban J connectivity index is 1.54. The number of carbonyl (C=O) groups is 2. The van der Waals surface area contributed by atoms with Gasteiger partial charge in [-0.05, 0) is 84.8 Å². The molecule has 1 amide bonds. The van der Waals surface area contributed by atoms with Gasteiger partial charge in [0, 0.05) is 17.3 Å². The second-order valence-corrected chi connectivity index (χ2v) is 11.7. The predicted octanol–water partition coefficient (Wildman–Crippen LogP) is 8.89. The minimum atomic E-state index is -5.08. The van der Waals surface area contributed by atoms with E-state index in [-0.39, 0.29) is 29.4 Å². The SMILES string of the molecule is COC(=O)c1ccc(C)c(-c2cc(-c3cnc(SC)nc3CN3C(=O)O[C@H](c4cc(C(F)(F)F)cc(C(F)(F)F)c4)[C@@H]3C)ccc2F)c1. The van der Waals surface area contributed by atoms with Crippen molar-refractivity contribution >= 4 is 23.8 Å². The Hall–Kier alpha value is -4.66. The first-order valence-corrected chi connectivity index (χ1v) is 15.4. The summed E-state index contributed by atoms with van der Waals surface area (Å²) in [4.78, 5) is 35.2. The molecule has 0 radical (unpaired) electrons. The van der Waals surface area contributed by atoms with Crippen LogP contribution in [0.5, 0.6) is 0 Å². The molecule has 0 aliphatic carbocycles. The average molecular weight is 694 g/mol. The molecule has 0 unspecified atom stereocenters. The highest BCUT2D eigenvalue weighted by molar-refractivity contribution is 7.98. The van der Waals surface area contributed by atoms with Gasteiger partial charge in [-0.3, -0.25) is 4.90 Å². The predicted molar refractivity (Wildman–Crippen MR) is 161 cm³/mol. The van der Waals surface area contributed by atoms with Crippen molar-refractivity contribution in [2.24, 2.45) is 0 Å². The number of cyclic esters (lactones) is 1. The number of esters is 1. The number of rotatable bonds is 7. The van der Waals surface area contributed by atoms with Crippen LogP contribution in [-0.4, -0.2) is 46.3 Å². The van der Waals surface area contributed by atoms with Gasteiger partial charge in [-0.2, -0.15) is 26.3 Å². The van der Waals surface area contributed by atoms with Crippen LogP contribution in [0.3, 0.4) is 0 Å². The molecule has 3 aromatic carbocycles. The molecule has 2 heterocycles. The maximum absolute atomic E-state index is 15.3. The zero-order valence-electron chi connectivity index (χ0n) is 25.7. The zero-order chi connectivity index (χ0) is 35.1. The van der Waals surface area contributed by atoms with Crippen LogP contribution in [0, 0.1) is 12.7 Å². The second kappa shape index (κ2) is 13.1. The minimum Gasteiger partial charge on any atom is -0.465 e. The van der Waals surface area contributed by atoms with Gasteiger partial charge in [0.25, 0.3) is 0 Å². The topological polar surface area (TPSA) is 81.6 Å². The number of amides is 1. The summed E-state index contributed by atoms with van der Waals surface area (Å²) >= 11 is 1.19. The number of ether oxygens (including phenoxy) is 2. The Labute approximate surface area is 274 Å². The van der Waals surface area contributed by atoms with Gasteiger partial charge in [0.2, 0.25) is 0 Å². The Morgan fingerprint density at radius 3 is 2.23 bits per heavy atom. The Morgan fingerprint density at radius 2 is 1.62 bits per heavy atom. The van der Waals surface area contributed by atoms with Crippen LogP contribution in [0.4, 0.5) is 35.5 Å². The number of hydrogen-bond donors (Lipinski definition) is 0. The molecule has 0 saturated carbocycles. The van der Waals surface area contributed by atoms with E-state index in [0.717, 1.165) is 4.90 Å². The summed E-state index contributed by atoms with van der Waals surface area (Å²) in [7, 11) is 1.22. The van der Waals surface area contributed by atoms with Crippen molar-refractivity contribution in [1.29, 1.82) is 0 Å². The van der Waals surface area contributed by atoms with Crippen molar-refractivity contribution in [3.8, 4) is 22.3 Å². The molecule has 4 aromatic rings. The molecule has 1 aromatic heterocycles. The fourth-order valence-corrected chi connectivity index (χ4v) is 5.74. The second-order valence-electron chi connectivity index (χ2n) is 10.9. The Morgan fingerprint density at radius 1 is 0.958 bits per heavy atom. The van der Waals surface area contributed by atoms with Crippen LogP contribution in [0.2, 0.25) is 0 Å². The number of nitrogens with zero attached hydrogens (tertiary/aromatic N) is 3. The Kier molecular flexibility index (Phi) is 9.46. The molecule has 7 nitrogen and oxygen atoms in total. The van der Waals surface area contributed by atoms with Crippen LogP contribution >= 0.6 is 11.8 Å². The minimum absolute atomic E-state index is 0.00393. The highest BCUT2D eigenvalue weighted by atomic mass is 32.2. The van der Waals surface area contributed by atoms with E-state index in [1.54, 1.807) is 25.3 Å². The summed E-state index contributed by atoms with van der Waals surface area (Å²) < 4.78 is 107. The average Bonchev–Trinajstić information content (AvgIpc) is 3.32. The molecule has 1 fully saturated rings. The van der Waals surface area contributed by atoms with Crippen LogP contribution < -0.4 is 0 Å². The molecule has 0 N–H and O–H groups in total. The summed E-state index contributed by atoms with van der Waals surface area (Å²) in [6.07, 6.45) is -9.44. The van der Waals surface area contributed by atoms with Crippen molar-refractivity contribution in [2.75, 3.05) is 13.4 Å². The standard InChI is InChI=1S/C33H26F7N3O4S/c1-16-5-6-19(29(44)46-3)12-23(16)24-11-18(7-8-26(24)34)25-14-41-30(48-4)42-27(25)15-43-17(2)28(47-31(43)45)20-9-21(32(35,36)37)13-22(10-20)33(38,39)40/h5-14,17,28H,15H2,1-4H3/t17-,28-/m0/s1. The number of thioether (sulfide) groups is 1. The molecule has 1 saturated heterocycles. The number of methoxy groups -OCH3 is 1. The molecular formula is C33H26F7N3O4S. The number of benzene rings is 3. The summed E-state index contributed by atoms with van der Waals surface area (Å²) in [5.74, 6) is -1.20. The fraction of sp³-hybridized carbons (Fsp3) is 0.273. The molecule has 0 spiro atoms. The number of halogens is 7. The third kappa shape index (κ3) is 6.96. The third-order valence-corrected chi connectivity index (χ3v) is 8.47. The van der Waals surface area contributed by atoms with E-state index in [4.69, 9.17) is 9.47 Å². The largest absolute Gasteiger partial charge is 0.465 e. The fourth-order valence-electron chi connectivity index (χ4n) is 5.38. The third-order valence-electron chi connectivity index (χ3n) is 7.91. The number of aryl methyl sites for hydroxylation is 1. The van der Waals surface area contributed by atoms with Crippen molar-refractivity contribution in [2.45, 2.75) is 50.0 Å². The normalized spacial score (nSPS) is 16.6. The van der Waals surface area contributed by atoms with Crippen LogP contribution in [0.1, 0.15) is 51.3 Å². The number of alkyl halides is 6. The molecule has 5 rings (SSSR count). The van der Waals surface area contributed by atoms with Crippen LogP contribution in [0.25, 0.3) is 22.3 Å². The first-order valence-electron chi connectivity index (χ1n) is 14.2. The lowest BCUT2D eigenvalue weighted by Crippen LogP contribution is -2.32. The summed E-state index contributed by atoms with van der Waals surface area (Å²) in [6, 6.07) is 8.96. The van der Waals surface area contributed by atoms with Gasteiger partial charge in [0.05, 0.1) is 42.1 Å². The lowest BCUT2D eigenvalue weighted by molar-refractivity contribution is -0.143. The van der Waals surface area contributed by atoms with E-state index in [2.05, 4.69) is 9.97 Å². The lowest BCUT2D eigenvalue weighted by atomic mass is 9.94. The molecule has 15 heteroatoms. The Bertz CT molecular complexity index is 1870. The quantitative estimate of drug-likeness (QED) is 0.0828. The van der Waals surface area contributed by atoms with Crippen molar-refractivity contribution in [1.82, 2.24) is 14.9 Å². The van der Waals surface area contributed by atoms with Gasteiger partial charge in [0.1, 0.15) is 11.9 Å². The van der Waals surface area contributed by atoms with Gasteiger partial charge in [0.15, 0.2) is 5.16 Å². The summed E-state index contributed by atoms with van der Waals surface area (Å²) in [5.41, 5.74) is -1.04. The zero-order valence-corrected chi connectivity index (χ0v) is 26.5. The first-order chi connectivity index (χ1) is 22.5. The highest BCUT2D eigenvalue weighted by Crippen LogP contribution is 2.42. The molecule has 2 atom stereocenters. The highest BCUT2D eigenvalue weighted by Gasteiger charge is 2.43. The molecule has 252 valence electrons.